The molecule has 1 aromatic carbocycles. The second kappa shape index (κ2) is 7.86. The number of methoxy groups -OCH3 is 1. The van der Waals surface area contributed by atoms with E-state index in [0.717, 1.165) is 0 Å². The maximum atomic E-state index is 12.1. The fourth-order valence-electron chi connectivity index (χ4n) is 2.15. The van der Waals surface area contributed by atoms with Crippen molar-refractivity contribution in [3.8, 4) is 0 Å². The van der Waals surface area contributed by atoms with E-state index in [1.54, 1.807) is 18.2 Å². The quantitative estimate of drug-likeness (QED) is 0.801. The molecule has 0 atom stereocenters. The Kier molecular flexibility index (Phi) is 5.82. The molecule has 138 valence electrons. The van der Waals surface area contributed by atoms with Crippen LogP contribution >= 0.6 is 0 Å². The zero-order valence-corrected chi connectivity index (χ0v) is 15.2. The molecule has 0 fully saturated rings. The number of ether oxygens (including phenoxy) is 1. The summed E-state index contributed by atoms with van der Waals surface area (Å²) in [5, 5.41) is 5.48. The smallest absolute Gasteiger partial charge is 0.337 e. The van der Waals surface area contributed by atoms with Gasteiger partial charge < -0.3 is 19.8 Å². The Morgan fingerprint density at radius 3 is 2.46 bits per heavy atom. The lowest BCUT2D eigenvalue weighted by Crippen LogP contribution is -2.34. The van der Waals surface area contributed by atoms with E-state index in [9.17, 15) is 14.4 Å². The first-order valence-electron chi connectivity index (χ1n) is 8.06. The summed E-state index contributed by atoms with van der Waals surface area (Å²) in [6.07, 6.45) is 1.40. The summed E-state index contributed by atoms with van der Waals surface area (Å²) in [7, 11) is 1.28. The van der Waals surface area contributed by atoms with Crippen molar-refractivity contribution in [3.63, 3.8) is 0 Å². The third-order valence-electron chi connectivity index (χ3n) is 3.55. The summed E-state index contributed by atoms with van der Waals surface area (Å²) in [5.74, 6) is -0.956. The molecule has 0 aliphatic carbocycles. The van der Waals surface area contributed by atoms with Gasteiger partial charge in [-0.05, 0) is 35.9 Å². The summed E-state index contributed by atoms with van der Waals surface area (Å²) in [6, 6.07) is 7.92. The molecular weight excluding hydrogens is 336 g/mol. The highest BCUT2D eigenvalue weighted by Crippen LogP contribution is 2.18. The summed E-state index contributed by atoms with van der Waals surface area (Å²) in [5.41, 5.74) is 0.787. The Labute approximate surface area is 151 Å². The highest BCUT2D eigenvalue weighted by Gasteiger charge is 2.21. The third kappa shape index (κ3) is 4.95. The predicted octanol–water partition coefficient (Wildman–Crippen LogP) is 2.98. The van der Waals surface area contributed by atoms with Gasteiger partial charge in [-0.25, -0.2) is 4.79 Å². The minimum absolute atomic E-state index is 0.123. The van der Waals surface area contributed by atoms with Crippen molar-refractivity contribution in [1.29, 1.82) is 0 Å². The van der Waals surface area contributed by atoms with Crippen molar-refractivity contribution in [3.05, 3.63) is 53.5 Å². The van der Waals surface area contributed by atoms with Gasteiger partial charge in [0.25, 0.3) is 5.91 Å². The van der Waals surface area contributed by atoms with Gasteiger partial charge in [-0.2, -0.15) is 0 Å². The number of benzene rings is 1. The van der Waals surface area contributed by atoms with Gasteiger partial charge in [0.05, 0.1) is 18.9 Å². The van der Waals surface area contributed by atoms with Crippen molar-refractivity contribution in [1.82, 2.24) is 5.32 Å². The first kappa shape index (κ1) is 19.2. The number of hydrogen-bond donors (Lipinski definition) is 2. The molecule has 1 heterocycles. The van der Waals surface area contributed by atoms with Crippen LogP contribution in [-0.2, 0) is 16.1 Å². The fraction of sp³-hybridized carbons (Fsp3) is 0.316. The van der Waals surface area contributed by atoms with E-state index < -0.39 is 17.3 Å². The number of rotatable bonds is 5. The lowest BCUT2D eigenvalue weighted by Gasteiger charge is -2.18. The molecule has 7 heteroatoms. The molecule has 0 radical (unpaired) electrons. The topological polar surface area (TPSA) is 97.6 Å². The van der Waals surface area contributed by atoms with Crippen LogP contribution in [0.1, 0.15) is 47.2 Å². The highest BCUT2D eigenvalue weighted by molar-refractivity contribution is 6.03. The van der Waals surface area contributed by atoms with Crippen LogP contribution in [0.2, 0.25) is 0 Å². The summed E-state index contributed by atoms with van der Waals surface area (Å²) >= 11 is 0. The number of hydrogen-bond acceptors (Lipinski definition) is 5. The van der Waals surface area contributed by atoms with Crippen molar-refractivity contribution < 1.29 is 23.5 Å². The van der Waals surface area contributed by atoms with Gasteiger partial charge in [0.1, 0.15) is 0 Å². The largest absolute Gasteiger partial charge is 0.465 e. The summed E-state index contributed by atoms with van der Waals surface area (Å²) < 4.78 is 9.80. The second-order valence-electron chi connectivity index (χ2n) is 6.77. The van der Waals surface area contributed by atoms with Gasteiger partial charge in [0.2, 0.25) is 5.91 Å². The first-order valence-corrected chi connectivity index (χ1v) is 8.06. The number of carbonyl (C=O) groups excluding carboxylic acids is 3. The molecule has 7 nitrogen and oxygen atoms in total. The monoisotopic (exact) mass is 358 g/mol. The van der Waals surface area contributed by atoms with Crippen LogP contribution < -0.4 is 10.6 Å². The Bertz CT molecular complexity index is 804. The van der Waals surface area contributed by atoms with E-state index in [2.05, 4.69) is 10.6 Å². The Morgan fingerprint density at radius 2 is 1.88 bits per heavy atom. The molecular formula is C19H22N2O5. The van der Waals surface area contributed by atoms with Crippen molar-refractivity contribution in [2.45, 2.75) is 27.3 Å². The molecule has 0 bridgehead atoms. The van der Waals surface area contributed by atoms with Gasteiger partial charge in [-0.15, -0.1) is 0 Å². The molecule has 2 aromatic rings. The zero-order chi connectivity index (χ0) is 19.3. The molecule has 0 saturated carbocycles. The van der Waals surface area contributed by atoms with Gasteiger partial charge in [0.15, 0.2) is 5.76 Å². The van der Waals surface area contributed by atoms with Crippen LogP contribution in [0.25, 0.3) is 0 Å². The second-order valence-corrected chi connectivity index (χ2v) is 6.77. The Hall–Kier alpha value is -3.09. The van der Waals surface area contributed by atoms with E-state index in [1.807, 2.05) is 20.8 Å². The first-order chi connectivity index (χ1) is 12.2. The molecule has 0 spiro atoms. The van der Waals surface area contributed by atoms with Gasteiger partial charge >= 0.3 is 5.97 Å². The van der Waals surface area contributed by atoms with Gasteiger partial charge in [0, 0.05) is 17.6 Å². The minimum atomic E-state index is -0.539. The van der Waals surface area contributed by atoms with Crippen molar-refractivity contribution in [2.75, 3.05) is 12.4 Å². The Balaban J connectivity index is 2.23. The van der Waals surface area contributed by atoms with Gasteiger partial charge in [-0.1, -0.05) is 20.8 Å². The molecule has 2 N–H and O–H groups in total. The summed E-state index contributed by atoms with van der Waals surface area (Å²) in [4.78, 5) is 36.1. The van der Waals surface area contributed by atoms with E-state index in [1.165, 1.54) is 25.5 Å². The predicted molar refractivity (Wildman–Crippen MR) is 95.7 cm³/mol. The number of anilines is 1. The molecule has 0 aliphatic heterocycles. The average Bonchev–Trinajstić information content (AvgIpc) is 3.12. The van der Waals surface area contributed by atoms with E-state index in [0.29, 0.717) is 11.3 Å². The zero-order valence-electron chi connectivity index (χ0n) is 15.2. The average molecular weight is 358 g/mol. The van der Waals surface area contributed by atoms with Crippen LogP contribution in [0.4, 0.5) is 5.69 Å². The maximum Gasteiger partial charge on any atom is 0.337 e. The molecule has 1 aromatic heterocycles. The highest BCUT2D eigenvalue weighted by atomic mass is 16.5. The van der Waals surface area contributed by atoms with Crippen LogP contribution in [0.15, 0.2) is 41.0 Å². The number of furan rings is 1. The standard InChI is InChI=1S/C19H22N2O5/c1-19(2,3)18(24)20-11-12-8-13(17(23)25-4)10-14(9-12)21-16(22)15-6-5-7-26-15/h5-10H,11H2,1-4H3,(H,20,24)(H,21,22). The van der Waals surface area contributed by atoms with Crippen LogP contribution in [0, 0.1) is 5.41 Å². The summed E-state index contributed by atoms with van der Waals surface area (Å²) in [6.45, 7) is 5.64. The number of nitrogens with one attached hydrogen (secondary N) is 2. The molecule has 2 amide bonds. The van der Waals surface area contributed by atoms with Gasteiger partial charge in [-0.3, -0.25) is 9.59 Å². The molecule has 0 saturated heterocycles. The fourth-order valence-corrected chi connectivity index (χ4v) is 2.15. The molecule has 0 aliphatic rings. The number of carbonyl (C=O) groups is 3. The van der Waals surface area contributed by atoms with Crippen molar-refractivity contribution in [2.24, 2.45) is 5.41 Å². The van der Waals surface area contributed by atoms with E-state index in [-0.39, 0.29) is 23.8 Å². The number of amides is 2. The molecule has 26 heavy (non-hydrogen) atoms. The molecule has 0 unspecified atom stereocenters. The van der Waals surface area contributed by atoms with Crippen LogP contribution in [0.5, 0.6) is 0 Å². The third-order valence-corrected chi connectivity index (χ3v) is 3.55. The normalized spacial score (nSPS) is 10.9. The lowest BCUT2D eigenvalue weighted by atomic mass is 9.95. The lowest BCUT2D eigenvalue weighted by molar-refractivity contribution is -0.128. The van der Waals surface area contributed by atoms with Crippen LogP contribution in [-0.4, -0.2) is 24.9 Å². The minimum Gasteiger partial charge on any atom is -0.465 e. The molecule has 2 rings (SSSR count). The van der Waals surface area contributed by atoms with Crippen molar-refractivity contribution >= 4 is 23.5 Å². The Morgan fingerprint density at radius 1 is 1.15 bits per heavy atom. The van der Waals surface area contributed by atoms with Crippen LogP contribution in [0.3, 0.4) is 0 Å². The maximum absolute atomic E-state index is 12.1. The van der Waals surface area contributed by atoms with E-state index in [4.69, 9.17) is 9.15 Å². The number of esters is 1. The van der Waals surface area contributed by atoms with E-state index >= 15 is 0 Å². The SMILES string of the molecule is COC(=O)c1cc(CNC(=O)C(C)(C)C)cc(NC(=O)c2ccco2)c1.